The molecular formula is C28H30N6O4. The van der Waals surface area contributed by atoms with Gasteiger partial charge in [-0.15, -0.1) is 0 Å². The average molecular weight is 515 g/mol. The van der Waals surface area contributed by atoms with Crippen LogP contribution < -0.4 is 20.4 Å². The summed E-state index contributed by atoms with van der Waals surface area (Å²) in [6.45, 7) is 2.63. The van der Waals surface area contributed by atoms with E-state index < -0.39 is 17.8 Å². The summed E-state index contributed by atoms with van der Waals surface area (Å²) in [6, 6.07) is 18.5. The molecule has 5 rings (SSSR count). The summed E-state index contributed by atoms with van der Waals surface area (Å²) in [5.41, 5.74) is 4.46. The lowest BCUT2D eigenvalue weighted by atomic mass is 10.2. The topological polar surface area (TPSA) is 99.2 Å². The van der Waals surface area contributed by atoms with E-state index in [9.17, 15) is 14.4 Å². The molecular weight excluding hydrogens is 484 g/mol. The van der Waals surface area contributed by atoms with E-state index in [4.69, 9.17) is 4.74 Å². The van der Waals surface area contributed by atoms with Crippen molar-refractivity contribution < 1.29 is 19.1 Å². The molecule has 10 heteroatoms. The monoisotopic (exact) mass is 514 g/mol. The molecule has 2 saturated heterocycles. The van der Waals surface area contributed by atoms with Crippen LogP contribution in [0.5, 0.6) is 0 Å². The Morgan fingerprint density at radius 2 is 1.68 bits per heavy atom. The van der Waals surface area contributed by atoms with E-state index in [1.807, 2.05) is 78.3 Å². The zero-order chi connectivity index (χ0) is 26.6. The number of aromatic nitrogens is 1. The van der Waals surface area contributed by atoms with Crippen LogP contribution in [-0.4, -0.2) is 74.3 Å². The standard InChI is InChI=1S/C28H30N6O4/c1-31(2)21-9-11-23(12-10-21)33-13-3-4-24(33)18-25-27(36)34(28(37)30-25)19-26(35)29-20-5-7-22(8-6-20)32-14-16-38-17-15-32/h3-13,18H,14-17,19H2,1-2H3,(H,29,35)(H,30,37)/b25-18-. The number of hydrogen-bond donors (Lipinski definition) is 2. The number of imide groups is 1. The van der Waals surface area contributed by atoms with Gasteiger partial charge in [0.1, 0.15) is 12.2 Å². The van der Waals surface area contributed by atoms with E-state index in [2.05, 4.69) is 15.5 Å². The Morgan fingerprint density at radius 3 is 2.37 bits per heavy atom. The minimum absolute atomic E-state index is 0.113. The molecule has 3 heterocycles. The average Bonchev–Trinajstić information content (AvgIpc) is 3.49. The molecule has 2 aliphatic rings. The van der Waals surface area contributed by atoms with Crippen LogP contribution in [0, 0.1) is 0 Å². The van der Waals surface area contributed by atoms with Crippen molar-refractivity contribution in [1.29, 1.82) is 0 Å². The van der Waals surface area contributed by atoms with Gasteiger partial charge in [0.15, 0.2) is 0 Å². The van der Waals surface area contributed by atoms with Crippen LogP contribution in [0.25, 0.3) is 11.8 Å². The second-order valence-corrected chi connectivity index (χ2v) is 9.29. The SMILES string of the molecule is CN(C)c1ccc(-n2cccc2/C=C2\NC(=O)N(CC(=O)Nc3ccc(N4CCOCC4)cc3)C2=O)cc1. The highest BCUT2D eigenvalue weighted by Crippen LogP contribution is 2.22. The van der Waals surface area contributed by atoms with Crippen LogP contribution in [0.3, 0.4) is 0 Å². The third-order valence-corrected chi connectivity index (χ3v) is 6.51. The van der Waals surface area contributed by atoms with Gasteiger partial charge in [0.25, 0.3) is 5.91 Å². The second kappa shape index (κ2) is 10.8. The van der Waals surface area contributed by atoms with Crippen molar-refractivity contribution in [3.63, 3.8) is 0 Å². The largest absolute Gasteiger partial charge is 0.378 e. The van der Waals surface area contributed by atoms with Gasteiger partial charge in [0.2, 0.25) is 5.91 Å². The van der Waals surface area contributed by atoms with E-state index in [0.29, 0.717) is 18.9 Å². The van der Waals surface area contributed by atoms with Crippen LogP contribution in [0.4, 0.5) is 21.9 Å². The van der Waals surface area contributed by atoms with Gasteiger partial charge < -0.3 is 29.7 Å². The van der Waals surface area contributed by atoms with Crippen LogP contribution in [0.15, 0.2) is 72.6 Å². The number of urea groups is 1. The number of nitrogens with one attached hydrogen (secondary N) is 2. The number of carbonyl (C=O) groups is 3. The lowest BCUT2D eigenvalue weighted by Gasteiger charge is -2.28. The summed E-state index contributed by atoms with van der Waals surface area (Å²) < 4.78 is 7.30. The Labute approximate surface area is 221 Å². The molecule has 0 radical (unpaired) electrons. The van der Waals surface area contributed by atoms with Gasteiger partial charge in [0.05, 0.1) is 13.2 Å². The van der Waals surface area contributed by atoms with Gasteiger partial charge >= 0.3 is 6.03 Å². The Morgan fingerprint density at radius 1 is 1.00 bits per heavy atom. The summed E-state index contributed by atoms with van der Waals surface area (Å²) >= 11 is 0. The van der Waals surface area contributed by atoms with Crippen molar-refractivity contribution in [3.05, 3.63) is 78.3 Å². The predicted octanol–water partition coefficient (Wildman–Crippen LogP) is 2.91. The third-order valence-electron chi connectivity index (χ3n) is 6.51. The zero-order valence-corrected chi connectivity index (χ0v) is 21.4. The molecule has 0 saturated carbocycles. The molecule has 0 spiro atoms. The predicted molar refractivity (Wildman–Crippen MR) is 146 cm³/mol. The van der Waals surface area contributed by atoms with E-state index in [0.717, 1.165) is 40.7 Å². The normalized spacial score (nSPS) is 16.6. The maximum atomic E-state index is 13.0. The molecule has 0 aliphatic carbocycles. The summed E-state index contributed by atoms with van der Waals surface area (Å²) in [6.07, 6.45) is 3.50. The van der Waals surface area contributed by atoms with Crippen molar-refractivity contribution in [2.24, 2.45) is 0 Å². The molecule has 10 nitrogen and oxygen atoms in total. The maximum Gasteiger partial charge on any atom is 0.329 e. The van der Waals surface area contributed by atoms with Crippen molar-refractivity contribution in [1.82, 2.24) is 14.8 Å². The highest BCUT2D eigenvalue weighted by atomic mass is 16.5. The first kappa shape index (κ1) is 25.1. The lowest BCUT2D eigenvalue weighted by Crippen LogP contribution is -2.38. The molecule has 196 valence electrons. The Kier molecular flexibility index (Phi) is 7.14. The van der Waals surface area contributed by atoms with Crippen molar-refractivity contribution in [2.45, 2.75) is 0 Å². The number of morpholine rings is 1. The molecule has 1 aromatic heterocycles. The summed E-state index contributed by atoms with van der Waals surface area (Å²) in [5, 5.41) is 5.35. The van der Waals surface area contributed by atoms with Gasteiger partial charge in [0, 0.05) is 61.8 Å². The Hall–Kier alpha value is -4.57. The van der Waals surface area contributed by atoms with Crippen LogP contribution in [0.2, 0.25) is 0 Å². The van der Waals surface area contributed by atoms with Crippen LogP contribution in [-0.2, 0) is 14.3 Å². The molecule has 2 fully saturated rings. The smallest absolute Gasteiger partial charge is 0.329 e. The Balaban J connectivity index is 1.23. The lowest BCUT2D eigenvalue weighted by molar-refractivity contribution is -0.127. The van der Waals surface area contributed by atoms with Gasteiger partial charge in [-0.2, -0.15) is 0 Å². The minimum atomic E-state index is -0.632. The van der Waals surface area contributed by atoms with Crippen molar-refractivity contribution in [3.8, 4) is 5.69 Å². The zero-order valence-electron chi connectivity index (χ0n) is 21.4. The number of nitrogens with zero attached hydrogens (tertiary/aromatic N) is 4. The van der Waals surface area contributed by atoms with Gasteiger partial charge in [-0.1, -0.05) is 0 Å². The maximum absolute atomic E-state index is 13.0. The first-order chi connectivity index (χ1) is 18.4. The van der Waals surface area contributed by atoms with Gasteiger partial charge in [-0.3, -0.25) is 9.59 Å². The number of benzene rings is 2. The van der Waals surface area contributed by atoms with E-state index in [1.165, 1.54) is 0 Å². The quantitative estimate of drug-likeness (QED) is 0.372. The second-order valence-electron chi connectivity index (χ2n) is 9.29. The van der Waals surface area contributed by atoms with Crippen molar-refractivity contribution in [2.75, 3.05) is 62.1 Å². The summed E-state index contributed by atoms with van der Waals surface area (Å²) in [4.78, 5) is 43.3. The third kappa shape index (κ3) is 5.40. The minimum Gasteiger partial charge on any atom is -0.378 e. The van der Waals surface area contributed by atoms with Crippen LogP contribution in [0.1, 0.15) is 5.69 Å². The van der Waals surface area contributed by atoms with E-state index in [-0.39, 0.29) is 12.2 Å². The highest BCUT2D eigenvalue weighted by Gasteiger charge is 2.35. The number of rotatable bonds is 7. The first-order valence-corrected chi connectivity index (χ1v) is 12.4. The molecule has 0 atom stereocenters. The molecule has 38 heavy (non-hydrogen) atoms. The fraction of sp³-hybridized carbons (Fsp3) is 0.250. The van der Waals surface area contributed by atoms with Gasteiger partial charge in [-0.25, -0.2) is 9.69 Å². The Bertz CT molecular complexity index is 1350. The molecule has 4 amide bonds. The number of carbonyl (C=O) groups excluding carboxylic acids is 3. The molecule has 0 bridgehead atoms. The highest BCUT2D eigenvalue weighted by molar-refractivity contribution is 6.15. The molecule has 3 aromatic rings. The van der Waals surface area contributed by atoms with Crippen LogP contribution >= 0.6 is 0 Å². The fourth-order valence-electron chi connectivity index (χ4n) is 4.44. The summed E-state index contributed by atoms with van der Waals surface area (Å²) in [5.74, 6) is -1.01. The number of anilines is 3. The summed E-state index contributed by atoms with van der Waals surface area (Å²) in [7, 11) is 3.95. The fourth-order valence-corrected chi connectivity index (χ4v) is 4.44. The molecule has 2 aromatic carbocycles. The van der Waals surface area contributed by atoms with E-state index >= 15 is 0 Å². The van der Waals surface area contributed by atoms with Gasteiger partial charge in [-0.05, 0) is 66.7 Å². The van der Waals surface area contributed by atoms with Crippen molar-refractivity contribution >= 4 is 41.0 Å². The molecule has 0 unspecified atom stereocenters. The molecule has 2 aliphatic heterocycles. The number of amides is 4. The first-order valence-electron chi connectivity index (χ1n) is 12.4. The number of ether oxygens (including phenoxy) is 1. The number of hydrogen-bond acceptors (Lipinski definition) is 6. The molecule has 2 N–H and O–H groups in total. The van der Waals surface area contributed by atoms with E-state index in [1.54, 1.807) is 18.2 Å².